The van der Waals surface area contributed by atoms with Crippen LogP contribution < -0.4 is 0 Å². The molecule has 0 radical (unpaired) electrons. The summed E-state index contributed by atoms with van der Waals surface area (Å²) in [6.07, 6.45) is -2.48. The number of carbonyl (C=O) groups excluding carboxylic acids is 5. The molecule has 0 aromatic heterocycles. The van der Waals surface area contributed by atoms with Crippen LogP contribution in [0.4, 0.5) is 0 Å². The Bertz CT molecular complexity index is 1390. The monoisotopic (exact) mass is 894 g/mol. The number of hydrogen-bond acceptors (Lipinski definition) is 22. The number of aliphatic hydroxyl groups excluding tert-OH is 4. The zero-order valence-corrected chi connectivity index (χ0v) is 35.9. The SMILES string of the molecule is C=C(C)C(=O)OCCOC(OCC(CO)(CO)CO)C(CO)(C(O)(OCCOC(=O)C(=C)C)OCCOC(=O)C(=C)C)C(O)(OCCOC(=O)C(=C)C)OCCOC(=O)C(=C)C. The highest BCUT2D eigenvalue weighted by Crippen LogP contribution is 2.49. The third-order valence-corrected chi connectivity index (χ3v) is 8.11. The Balaban J connectivity index is 8.08. The smallest absolute Gasteiger partial charge is 0.333 e. The molecule has 1 unspecified atom stereocenters. The van der Waals surface area contributed by atoms with Gasteiger partial charge in [0.1, 0.15) is 33.0 Å². The summed E-state index contributed by atoms with van der Waals surface area (Å²) in [5, 5.41) is 67.4. The summed E-state index contributed by atoms with van der Waals surface area (Å²) in [5.41, 5.74) is -5.44. The predicted octanol–water partition coefficient (Wildman–Crippen LogP) is -0.757. The molecule has 0 aliphatic heterocycles. The lowest BCUT2D eigenvalue weighted by atomic mass is 9.80. The van der Waals surface area contributed by atoms with Gasteiger partial charge in [0.15, 0.2) is 6.29 Å². The van der Waals surface area contributed by atoms with Gasteiger partial charge in [0.2, 0.25) is 5.41 Å². The van der Waals surface area contributed by atoms with Crippen molar-refractivity contribution in [1.82, 2.24) is 0 Å². The lowest BCUT2D eigenvalue weighted by molar-refractivity contribution is -0.545. The third kappa shape index (κ3) is 17.7. The summed E-state index contributed by atoms with van der Waals surface area (Å²) in [7, 11) is 0. The van der Waals surface area contributed by atoms with Gasteiger partial charge in [-0.2, -0.15) is 0 Å². The van der Waals surface area contributed by atoms with Gasteiger partial charge in [-0.3, -0.25) is 0 Å². The zero-order chi connectivity index (χ0) is 47.7. The van der Waals surface area contributed by atoms with Crippen molar-refractivity contribution in [2.75, 3.05) is 99.1 Å². The van der Waals surface area contributed by atoms with E-state index in [1.807, 2.05) is 0 Å². The standard InChI is InChI=1S/C40H62O22/c1-26(2)31(45)52-11-12-57-36(58-25-37(21-41,22-42)23-43)38(24-44,39(50,59-17-13-53-32(46)27(3)4)60-18-14-54-33(47)28(5)6)40(51,61-19-15-55-34(48)29(7)8)62-20-16-56-35(49)30(9)10/h36,41-44,50-51H,1,3,5,7,9,11-25H2,2,4,6,8,10H3. The van der Waals surface area contributed by atoms with Gasteiger partial charge in [-0.15, -0.1) is 0 Å². The van der Waals surface area contributed by atoms with Crippen molar-refractivity contribution in [2.45, 2.75) is 52.9 Å². The molecule has 0 amide bonds. The molecule has 0 aromatic carbocycles. The van der Waals surface area contributed by atoms with E-state index >= 15 is 0 Å². The van der Waals surface area contributed by atoms with E-state index in [4.69, 9.17) is 52.1 Å². The largest absolute Gasteiger partial charge is 0.460 e. The second kappa shape index (κ2) is 28.3. The van der Waals surface area contributed by atoms with E-state index in [1.165, 1.54) is 34.6 Å². The minimum Gasteiger partial charge on any atom is -0.460 e. The van der Waals surface area contributed by atoms with E-state index < -0.39 is 158 Å². The molecular weight excluding hydrogens is 832 g/mol. The minimum atomic E-state index is -3.64. The lowest BCUT2D eigenvalue weighted by Crippen LogP contribution is -2.74. The summed E-state index contributed by atoms with van der Waals surface area (Å²) in [4.78, 5) is 61.1. The summed E-state index contributed by atoms with van der Waals surface area (Å²) in [6, 6.07) is 0. The van der Waals surface area contributed by atoms with Gasteiger partial charge < -0.3 is 82.7 Å². The average Bonchev–Trinajstić information content (AvgIpc) is 3.22. The van der Waals surface area contributed by atoms with E-state index in [9.17, 15) is 54.6 Å². The molecule has 0 aromatic rings. The molecule has 0 bridgehead atoms. The Morgan fingerprint density at radius 3 is 0.903 bits per heavy atom. The van der Waals surface area contributed by atoms with Gasteiger partial charge in [0, 0.05) is 27.9 Å². The van der Waals surface area contributed by atoms with Crippen LogP contribution in [0, 0.1) is 10.8 Å². The minimum absolute atomic E-state index is 0.0205. The first-order valence-corrected chi connectivity index (χ1v) is 18.8. The summed E-state index contributed by atoms with van der Waals surface area (Å²) < 4.78 is 60.1. The molecule has 0 spiro atoms. The second-order valence-corrected chi connectivity index (χ2v) is 13.8. The molecule has 354 valence electrons. The summed E-state index contributed by atoms with van der Waals surface area (Å²) >= 11 is 0. The number of aliphatic hydroxyl groups is 6. The van der Waals surface area contributed by atoms with Crippen LogP contribution in [0.15, 0.2) is 60.8 Å². The van der Waals surface area contributed by atoms with Gasteiger partial charge in [-0.25, -0.2) is 24.0 Å². The summed E-state index contributed by atoms with van der Waals surface area (Å²) in [5.74, 6) is -11.8. The van der Waals surface area contributed by atoms with E-state index in [1.54, 1.807) is 0 Å². The molecule has 0 aliphatic rings. The highest BCUT2D eigenvalue weighted by atomic mass is 16.9. The van der Waals surface area contributed by atoms with Crippen LogP contribution in [-0.4, -0.2) is 178 Å². The number of rotatable bonds is 35. The van der Waals surface area contributed by atoms with Gasteiger partial charge >= 0.3 is 41.8 Å². The van der Waals surface area contributed by atoms with Crippen LogP contribution in [0.1, 0.15) is 34.6 Å². The first kappa shape index (κ1) is 57.6. The predicted molar refractivity (Wildman–Crippen MR) is 211 cm³/mol. The van der Waals surface area contributed by atoms with Crippen molar-refractivity contribution < 1.29 is 107 Å². The lowest BCUT2D eigenvalue weighted by Gasteiger charge is -2.54. The normalized spacial score (nSPS) is 12.4. The Kier molecular flexibility index (Phi) is 26.3. The van der Waals surface area contributed by atoms with E-state index in [2.05, 4.69) is 32.9 Å². The second-order valence-electron chi connectivity index (χ2n) is 13.8. The van der Waals surface area contributed by atoms with Crippen molar-refractivity contribution in [2.24, 2.45) is 10.8 Å². The van der Waals surface area contributed by atoms with Gasteiger partial charge in [-0.05, 0) is 34.6 Å². The first-order valence-electron chi connectivity index (χ1n) is 18.8. The zero-order valence-electron chi connectivity index (χ0n) is 35.9. The van der Waals surface area contributed by atoms with Gasteiger partial charge in [0.25, 0.3) is 0 Å². The van der Waals surface area contributed by atoms with Crippen LogP contribution in [0.2, 0.25) is 0 Å². The molecule has 0 rings (SSSR count). The fraction of sp³-hybridized carbons (Fsp3) is 0.625. The Labute approximate surface area is 359 Å². The van der Waals surface area contributed by atoms with Crippen molar-refractivity contribution in [1.29, 1.82) is 0 Å². The number of ether oxygens (including phenoxy) is 11. The molecule has 0 heterocycles. The topological polar surface area (TPSA) is 308 Å². The molecule has 0 saturated heterocycles. The van der Waals surface area contributed by atoms with Crippen LogP contribution in [0.3, 0.4) is 0 Å². The first-order chi connectivity index (χ1) is 29.0. The maximum Gasteiger partial charge on any atom is 0.333 e. The highest BCUT2D eigenvalue weighted by Gasteiger charge is 2.73. The third-order valence-electron chi connectivity index (χ3n) is 8.11. The fourth-order valence-electron chi connectivity index (χ4n) is 4.41. The molecule has 1 atom stereocenters. The Morgan fingerprint density at radius 2 is 0.677 bits per heavy atom. The van der Waals surface area contributed by atoms with Crippen LogP contribution >= 0.6 is 0 Å². The molecule has 62 heavy (non-hydrogen) atoms. The van der Waals surface area contributed by atoms with Crippen molar-refractivity contribution in [3.8, 4) is 0 Å². The number of hydrogen-bond donors (Lipinski definition) is 6. The van der Waals surface area contributed by atoms with E-state index in [-0.39, 0.29) is 27.9 Å². The Hall–Kier alpha value is -4.43. The molecule has 0 aliphatic carbocycles. The van der Waals surface area contributed by atoms with Crippen LogP contribution in [-0.2, 0) is 76.1 Å². The van der Waals surface area contributed by atoms with E-state index in [0.717, 1.165) is 0 Å². The molecule has 22 heteroatoms. The Morgan fingerprint density at radius 1 is 0.419 bits per heavy atom. The number of carbonyl (C=O) groups is 5. The summed E-state index contributed by atoms with van der Waals surface area (Å²) in [6.45, 7) is 11.1. The average molecular weight is 895 g/mol. The molecular formula is C40H62O22. The molecule has 6 N–H and O–H groups in total. The van der Waals surface area contributed by atoms with E-state index in [0.29, 0.717) is 0 Å². The molecule has 0 saturated carbocycles. The fourth-order valence-corrected chi connectivity index (χ4v) is 4.41. The van der Waals surface area contributed by atoms with Gasteiger partial charge in [0.05, 0.1) is 71.5 Å². The van der Waals surface area contributed by atoms with Crippen LogP contribution in [0.25, 0.3) is 0 Å². The highest BCUT2D eigenvalue weighted by molar-refractivity contribution is 5.88. The quantitative estimate of drug-likeness (QED) is 0.0150. The van der Waals surface area contributed by atoms with Crippen LogP contribution in [0.5, 0.6) is 0 Å². The maximum atomic E-state index is 12.7. The molecule has 0 fully saturated rings. The van der Waals surface area contributed by atoms with Crippen molar-refractivity contribution in [3.05, 3.63) is 60.8 Å². The molecule has 22 nitrogen and oxygen atoms in total. The maximum absolute atomic E-state index is 12.7. The van der Waals surface area contributed by atoms with Crippen molar-refractivity contribution >= 4 is 29.8 Å². The van der Waals surface area contributed by atoms with Gasteiger partial charge in [-0.1, -0.05) is 32.9 Å². The van der Waals surface area contributed by atoms with Crippen molar-refractivity contribution in [3.63, 3.8) is 0 Å². The number of esters is 5.